The first kappa shape index (κ1) is 9.02. The number of benzene rings is 1. The standard InChI is InChI=1S/C10H12N2O2/c1-10(11)7-4-3-6(14-2)5-8(7)12-9(10)13/h3-5H,11H2,1-2H3,(H,12,13)/t10-/m0/s1. The Balaban J connectivity index is 2.54. The number of carbonyl (C=O) groups is 1. The van der Waals surface area contributed by atoms with E-state index in [1.54, 1.807) is 26.2 Å². The average Bonchev–Trinajstić information content (AvgIpc) is 2.38. The van der Waals surface area contributed by atoms with Crippen molar-refractivity contribution in [2.45, 2.75) is 12.5 Å². The number of hydrogen-bond donors (Lipinski definition) is 2. The summed E-state index contributed by atoms with van der Waals surface area (Å²) in [7, 11) is 1.58. The van der Waals surface area contributed by atoms with Crippen LogP contribution in [0.3, 0.4) is 0 Å². The molecule has 3 N–H and O–H groups in total. The molecule has 1 aromatic rings. The molecular weight excluding hydrogens is 180 g/mol. The van der Waals surface area contributed by atoms with Gasteiger partial charge in [-0.25, -0.2) is 0 Å². The summed E-state index contributed by atoms with van der Waals surface area (Å²) in [5.41, 5.74) is 6.49. The Bertz CT molecular complexity index is 399. The van der Waals surface area contributed by atoms with Crippen LogP contribution in [0, 0.1) is 0 Å². The highest BCUT2D eigenvalue weighted by atomic mass is 16.5. The molecule has 4 heteroatoms. The normalized spacial score (nSPS) is 24.4. The molecule has 0 fully saturated rings. The second-order valence-electron chi connectivity index (χ2n) is 3.57. The van der Waals surface area contributed by atoms with Gasteiger partial charge in [-0.2, -0.15) is 0 Å². The molecule has 14 heavy (non-hydrogen) atoms. The zero-order chi connectivity index (χ0) is 10.3. The second kappa shape index (κ2) is 2.72. The number of hydrogen-bond acceptors (Lipinski definition) is 3. The Morgan fingerprint density at radius 1 is 1.50 bits per heavy atom. The first-order valence-corrected chi connectivity index (χ1v) is 4.34. The third-order valence-electron chi connectivity index (χ3n) is 2.51. The van der Waals surface area contributed by atoms with Gasteiger partial charge < -0.3 is 15.8 Å². The Morgan fingerprint density at radius 2 is 2.21 bits per heavy atom. The number of anilines is 1. The monoisotopic (exact) mass is 192 g/mol. The highest BCUT2D eigenvalue weighted by Gasteiger charge is 2.39. The molecule has 1 atom stereocenters. The van der Waals surface area contributed by atoms with Crippen molar-refractivity contribution >= 4 is 11.6 Å². The Hall–Kier alpha value is -1.55. The maximum atomic E-state index is 11.5. The fourth-order valence-electron chi connectivity index (χ4n) is 1.58. The van der Waals surface area contributed by atoms with E-state index in [1.165, 1.54) is 0 Å². The molecule has 0 aromatic heterocycles. The fourth-order valence-corrected chi connectivity index (χ4v) is 1.58. The van der Waals surface area contributed by atoms with Crippen LogP contribution in [-0.4, -0.2) is 13.0 Å². The quantitative estimate of drug-likeness (QED) is 0.692. The Morgan fingerprint density at radius 3 is 2.86 bits per heavy atom. The third-order valence-corrected chi connectivity index (χ3v) is 2.51. The van der Waals surface area contributed by atoms with Gasteiger partial charge in [0, 0.05) is 11.6 Å². The van der Waals surface area contributed by atoms with Crippen molar-refractivity contribution in [1.29, 1.82) is 0 Å². The molecular formula is C10H12N2O2. The maximum absolute atomic E-state index is 11.5. The SMILES string of the molecule is COc1ccc2c(c1)NC(=O)[C@@]2(C)N. The zero-order valence-corrected chi connectivity index (χ0v) is 8.13. The van der Waals surface area contributed by atoms with E-state index in [2.05, 4.69) is 5.32 Å². The van der Waals surface area contributed by atoms with E-state index in [4.69, 9.17) is 10.5 Å². The molecule has 0 bridgehead atoms. The van der Waals surface area contributed by atoms with E-state index in [1.807, 2.05) is 6.07 Å². The van der Waals surface area contributed by atoms with Gasteiger partial charge in [0.1, 0.15) is 11.3 Å². The molecule has 0 saturated heterocycles. The number of nitrogens with two attached hydrogens (primary N) is 1. The minimum Gasteiger partial charge on any atom is -0.497 e. The highest BCUT2D eigenvalue weighted by Crippen LogP contribution is 2.35. The first-order chi connectivity index (χ1) is 6.55. The van der Waals surface area contributed by atoms with Crippen LogP contribution in [0.5, 0.6) is 5.75 Å². The number of ether oxygens (including phenoxy) is 1. The van der Waals surface area contributed by atoms with Crippen LogP contribution in [0.25, 0.3) is 0 Å². The fraction of sp³-hybridized carbons (Fsp3) is 0.300. The van der Waals surface area contributed by atoms with E-state index >= 15 is 0 Å². The lowest BCUT2D eigenvalue weighted by Crippen LogP contribution is -2.40. The summed E-state index contributed by atoms with van der Waals surface area (Å²) in [5, 5.41) is 2.72. The van der Waals surface area contributed by atoms with E-state index in [-0.39, 0.29) is 5.91 Å². The minimum absolute atomic E-state index is 0.180. The molecule has 1 heterocycles. The molecule has 1 aliphatic rings. The second-order valence-corrected chi connectivity index (χ2v) is 3.57. The van der Waals surface area contributed by atoms with Gasteiger partial charge in [0.05, 0.1) is 12.8 Å². The van der Waals surface area contributed by atoms with Crippen molar-refractivity contribution in [1.82, 2.24) is 0 Å². The third kappa shape index (κ3) is 1.08. The van der Waals surface area contributed by atoms with Crippen molar-refractivity contribution in [3.05, 3.63) is 23.8 Å². The summed E-state index contributed by atoms with van der Waals surface area (Å²) in [6.07, 6.45) is 0. The van der Waals surface area contributed by atoms with Gasteiger partial charge in [-0.1, -0.05) is 6.07 Å². The van der Waals surface area contributed by atoms with Gasteiger partial charge in [0.25, 0.3) is 0 Å². The number of carbonyl (C=O) groups excluding carboxylic acids is 1. The number of fused-ring (bicyclic) bond motifs is 1. The predicted molar refractivity (Wildman–Crippen MR) is 53.2 cm³/mol. The van der Waals surface area contributed by atoms with Gasteiger partial charge in [-0.15, -0.1) is 0 Å². The highest BCUT2D eigenvalue weighted by molar-refractivity contribution is 6.05. The number of rotatable bonds is 1. The Kier molecular flexibility index (Phi) is 1.75. The summed E-state index contributed by atoms with van der Waals surface area (Å²) >= 11 is 0. The summed E-state index contributed by atoms with van der Waals surface area (Å²) in [6, 6.07) is 5.38. The molecule has 0 aliphatic carbocycles. The molecule has 1 aliphatic heterocycles. The van der Waals surface area contributed by atoms with Crippen molar-refractivity contribution < 1.29 is 9.53 Å². The van der Waals surface area contributed by atoms with E-state index in [0.717, 1.165) is 11.3 Å². The molecule has 0 unspecified atom stereocenters. The Labute approximate surface area is 82.1 Å². The molecule has 1 aromatic carbocycles. The molecule has 0 radical (unpaired) electrons. The average molecular weight is 192 g/mol. The number of amides is 1. The van der Waals surface area contributed by atoms with E-state index < -0.39 is 5.54 Å². The largest absolute Gasteiger partial charge is 0.497 e. The van der Waals surface area contributed by atoms with Crippen LogP contribution in [0.1, 0.15) is 12.5 Å². The molecule has 4 nitrogen and oxygen atoms in total. The smallest absolute Gasteiger partial charge is 0.248 e. The summed E-state index contributed by atoms with van der Waals surface area (Å²) in [6.45, 7) is 1.70. The first-order valence-electron chi connectivity index (χ1n) is 4.34. The molecule has 74 valence electrons. The van der Waals surface area contributed by atoms with Gasteiger partial charge >= 0.3 is 0 Å². The van der Waals surface area contributed by atoms with Gasteiger partial charge in [0.2, 0.25) is 5.91 Å². The molecule has 1 amide bonds. The van der Waals surface area contributed by atoms with Crippen LogP contribution in [0.15, 0.2) is 18.2 Å². The van der Waals surface area contributed by atoms with Crippen LogP contribution in [0.4, 0.5) is 5.69 Å². The van der Waals surface area contributed by atoms with Crippen LogP contribution >= 0.6 is 0 Å². The summed E-state index contributed by atoms with van der Waals surface area (Å²) in [5.74, 6) is 0.530. The minimum atomic E-state index is -0.929. The predicted octanol–water partition coefficient (Wildman–Crippen LogP) is 0.821. The van der Waals surface area contributed by atoms with Gasteiger partial charge in [-0.05, 0) is 13.0 Å². The summed E-state index contributed by atoms with van der Waals surface area (Å²) in [4.78, 5) is 11.5. The number of methoxy groups -OCH3 is 1. The van der Waals surface area contributed by atoms with E-state index in [0.29, 0.717) is 5.75 Å². The summed E-state index contributed by atoms with van der Waals surface area (Å²) < 4.78 is 5.05. The molecule has 0 spiro atoms. The van der Waals surface area contributed by atoms with E-state index in [9.17, 15) is 4.79 Å². The van der Waals surface area contributed by atoms with Gasteiger partial charge in [0.15, 0.2) is 0 Å². The van der Waals surface area contributed by atoms with Crippen LogP contribution in [0.2, 0.25) is 0 Å². The lowest BCUT2D eigenvalue weighted by molar-refractivity contribution is -0.120. The van der Waals surface area contributed by atoms with Crippen LogP contribution < -0.4 is 15.8 Å². The lowest BCUT2D eigenvalue weighted by Gasteiger charge is -2.14. The van der Waals surface area contributed by atoms with Crippen LogP contribution in [-0.2, 0) is 10.3 Å². The maximum Gasteiger partial charge on any atom is 0.248 e. The van der Waals surface area contributed by atoms with Crippen molar-refractivity contribution in [3.63, 3.8) is 0 Å². The molecule has 2 rings (SSSR count). The molecule has 0 saturated carbocycles. The topological polar surface area (TPSA) is 64.3 Å². The van der Waals surface area contributed by atoms with Crippen molar-refractivity contribution in [2.75, 3.05) is 12.4 Å². The zero-order valence-electron chi connectivity index (χ0n) is 8.13. The van der Waals surface area contributed by atoms with Crippen molar-refractivity contribution in [3.8, 4) is 5.75 Å². The van der Waals surface area contributed by atoms with Gasteiger partial charge in [-0.3, -0.25) is 4.79 Å². The lowest BCUT2D eigenvalue weighted by atomic mass is 9.95. The number of nitrogens with one attached hydrogen (secondary N) is 1. The van der Waals surface area contributed by atoms with Crippen molar-refractivity contribution in [2.24, 2.45) is 5.73 Å².